The summed E-state index contributed by atoms with van der Waals surface area (Å²) in [6.45, 7) is 9.27. The van der Waals surface area contributed by atoms with E-state index in [1.54, 1.807) is 0 Å². The number of hydrogen-bond donors (Lipinski definition) is 3. The van der Waals surface area contributed by atoms with E-state index in [0.29, 0.717) is 19.8 Å². The molecule has 1 atom stereocenters. The maximum absolute atomic E-state index is 12.2. The third-order valence-electron chi connectivity index (χ3n) is 5.99. The fourth-order valence-electron chi connectivity index (χ4n) is 4.09. The van der Waals surface area contributed by atoms with E-state index in [1.807, 2.05) is 0 Å². The third-order valence-corrected chi connectivity index (χ3v) is 5.99. The van der Waals surface area contributed by atoms with Crippen LogP contribution in [0.1, 0.15) is 136 Å². The minimum absolute atomic E-state index is 0. The first-order valence-corrected chi connectivity index (χ1v) is 15.6. The third kappa shape index (κ3) is 39.1. The van der Waals surface area contributed by atoms with E-state index in [9.17, 15) is 4.79 Å². The summed E-state index contributed by atoms with van der Waals surface area (Å²) in [6, 6.07) is 0. The Balaban J connectivity index is -0.00000164. The molecule has 0 aliphatic rings. The van der Waals surface area contributed by atoms with Crippen LogP contribution in [0, 0.1) is 12.8 Å². The molecule has 0 aliphatic carbocycles. The van der Waals surface area contributed by atoms with E-state index in [4.69, 9.17) is 28.7 Å². The monoisotopic (exact) mass is 546 g/mol. The van der Waals surface area contributed by atoms with Crippen LogP contribution in [0.5, 0.6) is 0 Å². The zero-order chi connectivity index (χ0) is 26.6. The Morgan fingerprint density at radius 2 is 1.08 bits per heavy atom. The minimum Gasteiger partial charge on any atom is -0.463 e. The molecule has 212 valence electrons. The van der Waals surface area contributed by atoms with Crippen molar-refractivity contribution in [3.63, 3.8) is 0 Å². The van der Waals surface area contributed by atoms with Crippen LogP contribution in [-0.4, -0.2) is 40.5 Å². The summed E-state index contributed by atoms with van der Waals surface area (Å²) in [6.07, 6.45) is 25.0. The molecule has 0 saturated heterocycles. The van der Waals surface area contributed by atoms with Gasteiger partial charge in [-0.3, -0.25) is 4.79 Å². The van der Waals surface area contributed by atoms with Gasteiger partial charge in [-0.15, -0.1) is 0 Å². The van der Waals surface area contributed by atoms with E-state index in [2.05, 4.69) is 20.8 Å². The Labute approximate surface area is 244 Å². The minimum atomic E-state index is -4.64. The van der Waals surface area contributed by atoms with Crippen molar-refractivity contribution < 1.29 is 63.1 Å². The molecular weight excluding hydrogens is 490 g/mol. The number of hydrogen-bond acceptors (Lipinski definition) is 4. The molecule has 0 bridgehead atoms. The Kier molecular flexibility index (Phi) is 36.2. The Hall–Kier alpha value is 0.540. The van der Waals surface area contributed by atoms with Crippen molar-refractivity contribution in [1.82, 2.24) is 0 Å². The second-order valence-electron chi connectivity index (χ2n) is 9.37. The van der Waals surface area contributed by atoms with Crippen LogP contribution in [0.15, 0.2) is 0 Å². The fourth-order valence-corrected chi connectivity index (χ4v) is 4.09. The zero-order valence-corrected chi connectivity index (χ0v) is 26.7. The first-order chi connectivity index (χ1) is 16.8. The van der Waals surface area contributed by atoms with Crippen molar-refractivity contribution in [2.24, 2.45) is 5.92 Å². The van der Waals surface area contributed by atoms with Crippen LogP contribution in [0.3, 0.4) is 0 Å². The van der Waals surface area contributed by atoms with Gasteiger partial charge in [0.15, 0.2) is 0 Å². The van der Waals surface area contributed by atoms with Gasteiger partial charge >= 0.3 is 43.3 Å². The van der Waals surface area contributed by atoms with Crippen LogP contribution in [-0.2, 0) is 18.8 Å². The maximum Gasteiger partial charge on any atom is 1.00 e. The first kappa shape index (κ1) is 41.0. The summed E-state index contributed by atoms with van der Waals surface area (Å²) >= 11 is 0. The standard InChI is InChI=1S/C27H53O3.Na.H3O4P/c1-4-7-8-9-10-11-12-13-14-15-16-17-18-19-20-21-23-26(22-5-2)27(28)30-25-24-29-6-3;;1-5(2,3)4/h26H,3-25H2,1-2H3;;(H3,1,2,3,4)/q-1;+1;. The second kappa shape index (κ2) is 31.8. The van der Waals surface area contributed by atoms with Crippen molar-refractivity contribution in [2.75, 3.05) is 19.8 Å². The molecule has 0 aliphatic heterocycles. The molecule has 0 aromatic rings. The summed E-state index contributed by atoms with van der Waals surface area (Å²) in [5.74, 6) is 0.0341. The molecule has 0 amide bonds. The molecule has 0 rings (SSSR count). The summed E-state index contributed by atoms with van der Waals surface area (Å²) in [5.41, 5.74) is 0. The average Bonchev–Trinajstić information content (AvgIpc) is 2.79. The average molecular weight is 547 g/mol. The van der Waals surface area contributed by atoms with Crippen molar-refractivity contribution >= 4 is 13.8 Å². The Morgan fingerprint density at radius 1 is 0.694 bits per heavy atom. The van der Waals surface area contributed by atoms with Gasteiger partial charge in [0.25, 0.3) is 0 Å². The molecule has 3 N–H and O–H groups in total. The smallest absolute Gasteiger partial charge is 0.463 e. The molecule has 0 aromatic heterocycles. The molecule has 0 spiro atoms. The first-order valence-electron chi connectivity index (χ1n) is 14.1. The summed E-state index contributed by atoms with van der Waals surface area (Å²) in [5, 5.41) is 0. The van der Waals surface area contributed by atoms with Gasteiger partial charge in [0.05, 0.1) is 12.5 Å². The van der Waals surface area contributed by atoms with Gasteiger partial charge in [0, 0.05) is 0 Å². The van der Waals surface area contributed by atoms with Crippen LogP contribution in [0.4, 0.5) is 0 Å². The second-order valence-corrected chi connectivity index (χ2v) is 10.4. The SMILES string of the molecule is O=P(O)(O)O.[CH2-]COCCOC(=O)C(CCC)CCCCCCCCCCCCCCCCCC.[Na+]. The van der Waals surface area contributed by atoms with Crippen molar-refractivity contribution in [3.05, 3.63) is 6.92 Å². The fraction of sp³-hybridized carbons (Fsp3) is 0.926. The number of rotatable bonds is 24. The number of phosphoric acid groups is 1. The molecule has 7 nitrogen and oxygen atoms in total. The van der Waals surface area contributed by atoms with Gasteiger partial charge in [-0.1, -0.05) is 130 Å². The van der Waals surface area contributed by atoms with Crippen molar-refractivity contribution in [3.8, 4) is 0 Å². The van der Waals surface area contributed by atoms with Gasteiger partial charge < -0.3 is 31.1 Å². The number of esters is 1. The molecule has 0 heterocycles. The molecular formula is C27H56NaO7P. The van der Waals surface area contributed by atoms with Crippen LogP contribution < -0.4 is 29.6 Å². The number of unbranched alkanes of at least 4 members (excludes halogenated alkanes) is 15. The largest absolute Gasteiger partial charge is 1.00 e. The normalized spacial score (nSPS) is 11.8. The van der Waals surface area contributed by atoms with Crippen LogP contribution >= 0.6 is 7.82 Å². The quantitative estimate of drug-likeness (QED) is 0.0536. The molecule has 36 heavy (non-hydrogen) atoms. The summed E-state index contributed by atoms with van der Waals surface area (Å²) < 4.78 is 19.4. The zero-order valence-electron chi connectivity index (χ0n) is 23.8. The number of carbonyl (C=O) groups is 1. The predicted octanol–water partition coefficient (Wildman–Crippen LogP) is 4.52. The van der Waals surface area contributed by atoms with Crippen LogP contribution in [0.2, 0.25) is 0 Å². The summed E-state index contributed by atoms with van der Waals surface area (Å²) in [7, 11) is -4.64. The van der Waals surface area contributed by atoms with Crippen LogP contribution in [0.25, 0.3) is 0 Å². The van der Waals surface area contributed by atoms with Gasteiger partial charge in [0.2, 0.25) is 0 Å². The molecule has 0 saturated carbocycles. The van der Waals surface area contributed by atoms with Gasteiger partial charge in [-0.2, -0.15) is 0 Å². The van der Waals surface area contributed by atoms with Gasteiger partial charge in [-0.25, -0.2) is 4.57 Å². The Morgan fingerprint density at radius 3 is 1.44 bits per heavy atom. The molecule has 0 aromatic carbocycles. The molecule has 0 radical (unpaired) electrons. The summed E-state index contributed by atoms with van der Waals surface area (Å²) in [4.78, 5) is 33.8. The molecule has 9 heteroatoms. The number of carbonyl (C=O) groups excluding carboxylic acids is 1. The number of ether oxygens (including phenoxy) is 2. The molecule has 0 fully saturated rings. The van der Waals surface area contributed by atoms with E-state index in [1.165, 1.54) is 96.3 Å². The molecule has 1 unspecified atom stereocenters. The Bertz CT molecular complexity index is 480. The van der Waals surface area contributed by atoms with E-state index in [-0.39, 0.29) is 41.4 Å². The van der Waals surface area contributed by atoms with Gasteiger partial charge in [-0.05, 0) is 12.8 Å². The topological polar surface area (TPSA) is 113 Å². The van der Waals surface area contributed by atoms with E-state index in [0.717, 1.165) is 25.7 Å². The van der Waals surface area contributed by atoms with Crippen molar-refractivity contribution in [1.29, 1.82) is 0 Å². The van der Waals surface area contributed by atoms with Gasteiger partial charge in [0.1, 0.15) is 6.61 Å². The maximum atomic E-state index is 12.2. The van der Waals surface area contributed by atoms with Crippen molar-refractivity contribution in [2.45, 2.75) is 136 Å². The van der Waals surface area contributed by atoms with E-state index >= 15 is 0 Å². The predicted molar refractivity (Wildman–Crippen MR) is 144 cm³/mol. The van der Waals surface area contributed by atoms with E-state index < -0.39 is 7.82 Å².